The van der Waals surface area contributed by atoms with Crippen molar-refractivity contribution in [3.05, 3.63) is 72.1 Å². The van der Waals surface area contributed by atoms with Crippen molar-refractivity contribution in [2.24, 2.45) is 5.92 Å². The Kier molecular flexibility index (Phi) is 6.23. The Morgan fingerprint density at radius 1 is 1.03 bits per heavy atom. The lowest BCUT2D eigenvalue weighted by atomic mass is 9.98. The first-order valence-corrected chi connectivity index (χ1v) is 10.4. The number of aryl methyl sites for hydroxylation is 2. The number of imidazole rings is 1. The summed E-state index contributed by atoms with van der Waals surface area (Å²) >= 11 is 0. The van der Waals surface area contributed by atoms with Crippen LogP contribution in [-0.4, -0.2) is 27.6 Å². The quantitative estimate of drug-likeness (QED) is 0.466. The van der Waals surface area contributed by atoms with Crippen molar-refractivity contribution in [3.63, 3.8) is 0 Å². The van der Waals surface area contributed by atoms with Crippen LogP contribution in [0.15, 0.2) is 60.9 Å². The summed E-state index contributed by atoms with van der Waals surface area (Å²) in [6, 6.07) is 14.3. The molecule has 0 bridgehead atoms. The van der Waals surface area contributed by atoms with Gasteiger partial charge in [0, 0.05) is 18.8 Å². The second-order valence-corrected chi connectivity index (χ2v) is 7.89. The predicted octanol–water partition coefficient (Wildman–Crippen LogP) is 3.59. The maximum absolute atomic E-state index is 13.0. The van der Waals surface area contributed by atoms with Crippen LogP contribution in [0.4, 0.5) is 5.95 Å². The number of carbonyl (C=O) groups is 2. The Hall–Kier alpha value is -3.65. The highest BCUT2D eigenvalue weighted by Crippen LogP contribution is 2.37. The summed E-state index contributed by atoms with van der Waals surface area (Å²) in [5.41, 5.74) is 8.02. The van der Waals surface area contributed by atoms with E-state index in [0.717, 1.165) is 11.1 Å². The number of anilines is 1. The molecule has 32 heavy (non-hydrogen) atoms. The minimum atomic E-state index is -0.724. The zero-order valence-corrected chi connectivity index (χ0v) is 17.9. The van der Waals surface area contributed by atoms with E-state index in [0.29, 0.717) is 17.9 Å². The minimum absolute atomic E-state index is 0.105. The van der Waals surface area contributed by atoms with Crippen molar-refractivity contribution in [1.29, 1.82) is 0 Å². The average molecular weight is 435 g/mol. The molecular formula is C24H25N3O5. The highest BCUT2D eigenvalue weighted by Gasteiger charge is 2.43. The molecule has 3 aromatic rings. The van der Waals surface area contributed by atoms with Gasteiger partial charge in [-0.05, 0) is 38.1 Å². The monoisotopic (exact) mass is 435 g/mol. The number of nitrogens with zero attached hydrogens (tertiary/aromatic N) is 2. The first kappa shape index (κ1) is 21.6. The van der Waals surface area contributed by atoms with Crippen molar-refractivity contribution in [2.75, 3.05) is 5.73 Å². The summed E-state index contributed by atoms with van der Waals surface area (Å²) in [7, 11) is 0. The first-order valence-electron chi connectivity index (χ1n) is 10.4. The van der Waals surface area contributed by atoms with Gasteiger partial charge in [0.25, 0.3) is 0 Å². The third-order valence-corrected chi connectivity index (χ3v) is 5.41. The van der Waals surface area contributed by atoms with Crippen molar-refractivity contribution in [3.8, 4) is 11.5 Å². The van der Waals surface area contributed by atoms with Gasteiger partial charge in [0.2, 0.25) is 5.95 Å². The molecule has 0 aliphatic carbocycles. The van der Waals surface area contributed by atoms with Gasteiger partial charge < -0.3 is 19.9 Å². The van der Waals surface area contributed by atoms with E-state index in [-0.39, 0.29) is 12.4 Å². The van der Waals surface area contributed by atoms with E-state index >= 15 is 0 Å². The van der Waals surface area contributed by atoms with Gasteiger partial charge in [0.05, 0.1) is 18.4 Å². The van der Waals surface area contributed by atoms with Gasteiger partial charge in [0.15, 0.2) is 0 Å². The molecule has 1 saturated heterocycles. The van der Waals surface area contributed by atoms with Crippen LogP contribution in [-0.2, 0) is 14.3 Å². The third-order valence-electron chi connectivity index (χ3n) is 5.41. The number of benzene rings is 2. The summed E-state index contributed by atoms with van der Waals surface area (Å²) in [5, 5.41) is 0. The predicted molar refractivity (Wildman–Crippen MR) is 117 cm³/mol. The molecule has 2 aromatic carbocycles. The molecule has 4 rings (SSSR count). The molecule has 2 heterocycles. The van der Waals surface area contributed by atoms with Crippen molar-refractivity contribution in [1.82, 2.24) is 9.55 Å². The average Bonchev–Trinajstić information content (AvgIpc) is 3.37. The lowest BCUT2D eigenvalue weighted by Gasteiger charge is -2.17. The lowest BCUT2D eigenvalue weighted by Crippen LogP contribution is -2.31. The smallest absolute Gasteiger partial charge is 0.317 e. The molecule has 8 nitrogen and oxygen atoms in total. The van der Waals surface area contributed by atoms with Crippen LogP contribution in [0.1, 0.15) is 30.2 Å². The Morgan fingerprint density at radius 3 is 2.19 bits per heavy atom. The molecule has 1 aromatic heterocycles. The minimum Gasteiger partial charge on any atom is -0.426 e. The van der Waals surface area contributed by atoms with Gasteiger partial charge in [-0.2, -0.15) is 0 Å². The molecule has 3 atom stereocenters. The second-order valence-electron chi connectivity index (χ2n) is 7.89. The topological polar surface area (TPSA) is 106 Å². The van der Waals surface area contributed by atoms with E-state index in [9.17, 15) is 9.59 Å². The van der Waals surface area contributed by atoms with Crippen LogP contribution in [0.25, 0.3) is 0 Å². The van der Waals surface area contributed by atoms with Crippen molar-refractivity contribution in [2.45, 2.75) is 39.0 Å². The fourth-order valence-corrected chi connectivity index (χ4v) is 3.65. The van der Waals surface area contributed by atoms with Crippen LogP contribution in [0, 0.1) is 19.8 Å². The Labute approximate surface area is 185 Å². The number of aromatic nitrogens is 2. The maximum atomic E-state index is 13.0. The zero-order chi connectivity index (χ0) is 22.7. The Bertz CT molecular complexity index is 1090. The molecule has 0 spiro atoms. The summed E-state index contributed by atoms with van der Waals surface area (Å²) in [6.45, 7) is 3.90. The van der Waals surface area contributed by atoms with E-state index in [1.54, 1.807) is 41.2 Å². The van der Waals surface area contributed by atoms with Crippen LogP contribution in [0.3, 0.4) is 0 Å². The Morgan fingerprint density at radius 2 is 1.62 bits per heavy atom. The Balaban J connectivity index is 1.48. The molecule has 0 radical (unpaired) electrons. The molecule has 0 saturated carbocycles. The van der Waals surface area contributed by atoms with Crippen LogP contribution < -0.4 is 15.2 Å². The molecule has 1 aliphatic rings. The highest BCUT2D eigenvalue weighted by molar-refractivity contribution is 5.78. The molecule has 1 aliphatic heterocycles. The van der Waals surface area contributed by atoms with Gasteiger partial charge in [-0.3, -0.25) is 14.2 Å². The molecular weight excluding hydrogens is 410 g/mol. The first-order chi connectivity index (χ1) is 15.4. The lowest BCUT2D eigenvalue weighted by molar-refractivity contribution is -0.144. The molecule has 1 fully saturated rings. The van der Waals surface area contributed by atoms with Gasteiger partial charge in [-0.1, -0.05) is 35.4 Å². The number of nitrogens with two attached hydrogens (primary N) is 1. The highest BCUT2D eigenvalue weighted by atomic mass is 16.6. The number of hydrogen-bond acceptors (Lipinski definition) is 7. The molecule has 166 valence electrons. The van der Waals surface area contributed by atoms with E-state index in [4.69, 9.17) is 19.9 Å². The summed E-state index contributed by atoms with van der Waals surface area (Å²) in [5.74, 6) is -0.494. The van der Waals surface area contributed by atoms with Gasteiger partial charge in [-0.15, -0.1) is 0 Å². The van der Waals surface area contributed by atoms with E-state index < -0.39 is 30.2 Å². The number of hydrogen-bond donors (Lipinski definition) is 1. The number of esters is 2. The summed E-state index contributed by atoms with van der Waals surface area (Å²) in [6.07, 6.45) is 2.16. The van der Waals surface area contributed by atoms with Gasteiger partial charge in [0.1, 0.15) is 17.7 Å². The largest absolute Gasteiger partial charge is 0.426 e. The molecule has 0 unspecified atom stereocenters. The number of carbonyl (C=O) groups excluding carboxylic acids is 2. The van der Waals surface area contributed by atoms with Crippen LogP contribution >= 0.6 is 0 Å². The van der Waals surface area contributed by atoms with Crippen LogP contribution in [0.2, 0.25) is 0 Å². The van der Waals surface area contributed by atoms with Crippen molar-refractivity contribution < 1.29 is 23.8 Å². The fraction of sp³-hybridized carbons (Fsp3) is 0.292. The summed E-state index contributed by atoms with van der Waals surface area (Å²) in [4.78, 5) is 29.6. The fourth-order valence-electron chi connectivity index (χ4n) is 3.65. The standard InChI is InChI=1S/C24H25N3O5/c1-15-3-7-17(8-4-15)30-22(28)14-20-19(13-21(32-20)27-12-11-26-24(27)25)23(29)31-18-9-5-16(2)6-10-18/h3-12,19-21H,13-14H2,1-2H3,(H2,25,26)/t19-,20+,21+/m0/s1. The third kappa shape index (κ3) is 4.97. The van der Waals surface area contributed by atoms with E-state index in [1.807, 2.05) is 38.1 Å². The number of ether oxygens (including phenoxy) is 3. The van der Waals surface area contributed by atoms with Gasteiger partial charge in [-0.25, -0.2) is 4.98 Å². The van der Waals surface area contributed by atoms with Crippen LogP contribution in [0.5, 0.6) is 11.5 Å². The number of rotatable bonds is 6. The number of nitrogen functional groups attached to an aromatic ring is 1. The SMILES string of the molecule is Cc1ccc(OC(=O)C[C@H]2O[C@@H](n3ccnc3N)C[C@@H]2C(=O)Oc2ccc(C)cc2)cc1. The zero-order valence-electron chi connectivity index (χ0n) is 17.9. The normalized spacial score (nSPS) is 20.1. The molecule has 2 N–H and O–H groups in total. The molecule has 0 amide bonds. The van der Waals surface area contributed by atoms with Gasteiger partial charge >= 0.3 is 11.9 Å². The molecule has 8 heteroatoms. The van der Waals surface area contributed by atoms with E-state index in [2.05, 4.69) is 4.98 Å². The second kappa shape index (κ2) is 9.23. The summed E-state index contributed by atoms with van der Waals surface area (Å²) < 4.78 is 18.7. The van der Waals surface area contributed by atoms with Crippen molar-refractivity contribution >= 4 is 17.9 Å². The maximum Gasteiger partial charge on any atom is 0.317 e. The van der Waals surface area contributed by atoms with E-state index in [1.165, 1.54) is 0 Å².